The van der Waals surface area contributed by atoms with Gasteiger partial charge in [-0.05, 0) is 50.0 Å². The maximum Gasteiger partial charge on any atom is 0.310 e. The molecule has 0 aromatic carbocycles. The predicted molar refractivity (Wildman–Crippen MR) is 99.2 cm³/mol. The number of carbonyl (C=O) groups is 1. The fourth-order valence-electron chi connectivity index (χ4n) is 6.03. The van der Waals surface area contributed by atoms with Crippen molar-refractivity contribution in [3.8, 4) is 0 Å². The van der Waals surface area contributed by atoms with E-state index in [0.717, 1.165) is 52.1 Å². The molecule has 4 heteroatoms. The lowest BCUT2D eigenvalue weighted by Gasteiger charge is -2.50. The van der Waals surface area contributed by atoms with E-state index < -0.39 is 0 Å². The average molecular weight is 347 g/mol. The maximum atomic E-state index is 12.6. The van der Waals surface area contributed by atoms with Crippen LogP contribution < -0.4 is 0 Å². The van der Waals surface area contributed by atoms with Crippen molar-refractivity contribution < 1.29 is 9.53 Å². The minimum Gasteiger partial charge on any atom is -0.462 e. The summed E-state index contributed by atoms with van der Waals surface area (Å²) in [6.07, 6.45) is 6.01. The Kier molecular flexibility index (Phi) is 4.70. The molecule has 2 aliphatic carbocycles. The van der Waals surface area contributed by atoms with Gasteiger partial charge in [0.2, 0.25) is 0 Å². The molecule has 25 heavy (non-hydrogen) atoms. The van der Waals surface area contributed by atoms with Gasteiger partial charge in [0.05, 0.1) is 5.92 Å². The van der Waals surface area contributed by atoms with Gasteiger partial charge in [0.15, 0.2) is 0 Å². The number of fused-ring (bicyclic) bond motifs is 2. The number of nitrogens with zero attached hydrogens (tertiary/aromatic N) is 2. The molecule has 0 spiro atoms. The minimum atomic E-state index is 0.0702. The molecule has 5 atom stereocenters. The van der Waals surface area contributed by atoms with E-state index in [9.17, 15) is 4.79 Å². The summed E-state index contributed by atoms with van der Waals surface area (Å²) in [7, 11) is 0. The molecule has 4 nitrogen and oxygen atoms in total. The normalized spacial score (nSPS) is 42.8. The molecule has 140 valence electrons. The smallest absolute Gasteiger partial charge is 0.310 e. The van der Waals surface area contributed by atoms with Crippen LogP contribution >= 0.6 is 0 Å². The van der Waals surface area contributed by atoms with Crippen LogP contribution in [-0.4, -0.2) is 61.1 Å². The molecule has 4 rings (SSSR count). The highest BCUT2D eigenvalue weighted by atomic mass is 16.6. The molecule has 0 N–H and O–H groups in total. The maximum absolute atomic E-state index is 12.6. The van der Waals surface area contributed by atoms with Gasteiger partial charge in [-0.3, -0.25) is 9.69 Å². The van der Waals surface area contributed by atoms with Crippen molar-refractivity contribution >= 4 is 5.97 Å². The van der Waals surface area contributed by atoms with Crippen LogP contribution in [0.2, 0.25) is 0 Å². The van der Waals surface area contributed by atoms with Crippen molar-refractivity contribution in [1.29, 1.82) is 0 Å². The van der Waals surface area contributed by atoms with E-state index in [4.69, 9.17) is 4.74 Å². The standard InChI is InChI=1S/C21H34N2O2/c1-4-22-8-10-23(11-9-22)14-17-16-12-18-15(2)6-5-7-21(18,3)13-19(16)25-20(17)24/h16-19H,2,4-14H2,1,3H3/t16-,17?,18?,19-,21-/m1/s1. The highest BCUT2D eigenvalue weighted by molar-refractivity contribution is 5.75. The van der Waals surface area contributed by atoms with E-state index in [1.807, 2.05) is 0 Å². The molecule has 2 unspecified atom stereocenters. The average Bonchev–Trinajstić information content (AvgIpc) is 2.88. The van der Waals surface area contributed by atoms with Gasteiger partial charge >= 0.3 is 5.97 Å². The third-order valence-corrected chi connectivity index (χ3v) is 7.69. The number of esters is 1. The number of hydrogen-bond donors (Lipinski definition) is 0. The van der Waals surface area contributed by atoms with E-state index in [2.05, 4.69) is 30.2 Å². The molecule has 0 radical (unpaired) electrons. The Bertz CT molecular complexity index is 540. The van der Waals surface area contributed by atoms with E-state index in [0.29, 0.717) is 17.3 Å². The van der Waals surface area contributed by atoms with Crippen molar-refractivity contribution in [1.82, 2.24) is 9.80 Å². The van der Waals surface area contributed by atoms with E-state index in [-0.39, 0.29) is 18.0 Å². The summed E-state index contributed by atoms with van der Waals surface area (Å²) in [6.45, 7) is 15.5. The van der Waals surface area contributed by atoms with Crippen LogP contribution in [0.4, 0.5) is 0 Å². The molecule has 2 aliphatic heterocycles. The number of ether oxygens (including phenoxy) is 1. The zero-order valence-corrected chi connectivity index (χ0v) is 16.0. The molecule has 2 heterocycles. The third-order valence-electron chi connectivity index (χ3n) is 7.69. The van der Waals surface area contributed by atoms with Crippen molar-refractivity contribution in [2.24, 2.45) is 23.2 Å². The zero-order chi connectivity index (χ0) is 17.6. The van der Waals surface area contributed by atoms with Crippen LogP contribution in [0.3, 0.4) is 0 Å². The summed E-state index contributed by atoms with van der Waals surface area (Å²) in [4.78, 5) is 17.6. The van der Waals surface area contributed by atoms with Crippen molar-refractivity contribution in [3.63, 3.8) is 0 Å². The van der Waals surface area contributed by atoms with Crippen LogP contribution in [0.25, 0.3) is 0 Å². The highest BCUT2D eigenvalue weighted by Gasteiger charge is 2.55. The summed E-state index contributed by atoms with van der Waals surface area (Å²) in [5, 5.41) is 0. The minimum absolute atomic E-state index is 0.0702. The van der Waals surface area contributed by atoms with Gasteiger partial charge in [-0.2, -0.15) is 0 Å². The first-order valence-corrected chi connectivity index (χ1v) is 10.3. The Morgan fingerprint density at radius 3 is 2.68 bits per heavy atom. The van der Waals surface area contributed by atoms with Crippen molar-refractivity contribution in [2.75, 3.05) is 39.3 Å². The molecule has 0 amide bonds. The van der Waals surface area contributed by atoms with E-state index in [1.165, 1.54) is 24.8 Å². The zero-order valence-electron chi connectivity index (χ0n) is 16.0. The molecule has 0 aromatic heterocycles. The molecule has 2 saturated carbocycles. The second kappa shape index (κ2) is 6.70. The Morgan fingerprint density at radius 1 is 1.24 bits per heavy atom. The number of rotatable bonds is 3. The van der Waals surface area contributed by atoms with Crippen molar-refractivity contribution in [3.05, 3.63) is 12.2 Å². The number of allylic oxidation sites excluding steroid dienone is 1. The lowest BCUT2D eigenvalue weighted by atomic mass is 9.55. The van der Waals surface area contributed by atoms with Gasteiger partial charge < -0.3 is 9.64 Å². The Balaban J connectivity index is 1.44. The molecule has 2 saturated heterocycles. The number of hydrogen-bond acceptors (Lipinski definition) is 4. The van der Waals surface area contributed by atoms with Crippen LogP contribution in [0, 0.1) is 23.2 Å². The molecule has 0 bridgehead atoms. The van der Waals surface area contributed by atoms with Crippen LogP contribution in [0.5, 0.6) is 0 Å². The van der Waals surface area contributed by atoms with Gasteiger partial charge in [-0.1, -0.05) is 26.0 Å². The van der Waals surface area contributed by atoms with Crippen LogP contribution in [0.15, 0.2) is 12.2 Å². The van der Waals surface area contributed by atoms with E-state index >= 15 is 0 Å². The topological polar surface area (TPSA) is 32.8 Å². The summed E-state index contributed by atoms with van der Waals surface area (Å²) in [5.41, 5.74) is 1.74. The molecule has 0 aromatic rings. The van der Waals surface area contributed by atoms with Gasteiger partial charge in [-0.25, -0.2) is 0 Å². The molecular weight excluding hydrogens is 312 g/mol. The van der Waals surface area contributed by atoms with Crippen LogP contribution in [0.1, 0.15) is 46.0 Å². The quantitative estimate of drug-likeness (QED) is 0.581. The summed E-state index contributed by atoms with van der Waals surface area (Å²) < 4.78 is 5.91. The van der Waals surface area contributed by atoms with Gasteiger partial charge in [0.25, 0.3) is 0 Å². The first-order chi connectivity index (χ1) is 12.0. The number of piperazine rings is 1. The van der Waals surface area contributed by atoms with Gasteiger partial charge in [0, 0.05) is 38.6 Å². The fourth-order valence-corrected chi connectivity index (χ4v) is 6.03. The SMILES string of the molecule is C=C1CCC[C@]2(C)C[C@H]3OC(=O)C(CN4CCN(CC)CC4)[C@H]3CC12. The van der Waals surface area contributed by atoms with Gasteiger partial charge in [-0.15, -0.1) is 0 Å². The second-order valence-corrected chi connectivity index (χ2v) is 9.14. The second-order valence-electron chi connectivity index (χ2n) is 9.14. The first kappa shape index (κ1) is 17.5. The summed E-state index contributed by atoms with van der Waals surface area (Å²) in [6, 6.07) is 0. The fraction of sp³-hybridized carbons (Fsp3) is 0.857. The summed E-state index contributed by atoms with van der Waals surface area (Å²) >= 11 is 0. The van der Waals surface area contributed by atoms with Crippen LogP contribution in [-0.2, 0) is 9.53 Å². The molecule has 4 aliphatic rings. The monoisotopic (exact) mass is 346 g/mol. The predicted octanol–water partition coefficient (Wildman–Crippen LogP) is 2.94. The summed E-state index contributed by atoms with van der Waals surface area (Å²) in [5.74, 6) is 1.15. The lowest BCUT2D eigenvalue weighted by Crippen LogP contribution is -2.49. The third kappa shape index (κ3) is 3.16. The molecular formula is C21H34N2O2. The highest BCUT2D eigenvalue weighted by Crippen LogP contribution is 2.56. The van der Waals surface area contributed by atoms with Gasteiger partial charge in [0.1, 0.15) is 6.10 Å². The Morgan fingerprint density at radius 2 is 1.96 bits per heavy atom. The first-order valence-electron chi connectivity index (χ1n) is 10.3. The number of likely N-dealkylation sites (N-methyl/N-ethyl adjacent to an activating group) is 1. The van der Waals surface area contributed by atoms with E-state index in [1.54, 1.807) is 0 Å². The van der Waals surface area contributed by atoms with Crippen molar-refractivity contribution in [2.45, 2.75) is 52.1 Å². The number of carbonyl (C=O) groups excluding carboxylic acids is 1. The lowest BCUT2D eigenvalue weighted by molar-refractivity contribution is -0.146. The largest absolute Gasteiger partial charge is 0.462 e. The molecule has 4 fully saturated rings. The Labute approximate surface area is 152 Å². The Hall–Kier alpha value is -0.870.